The average molecular weight is 534 g/mol. The standard InChI is InChI=1S/C18H17F6IN2O2/c19-17(20,21)15-8-11(2-5-26-15)13(28)10-14(29-7-1-4-25)12-3-6-27-16(9-12)18(22,23)24/h2-3,5-6,8-9,13-14,28H,1,4,7,10H2. The number of alkyl halides is 7. The van der Waals surface area contributed by atoms with Crippen molar-refractivity contribution in [2.24, 2.45) is 0 Å². The van der Waals surface area contributed by atoms with E-state index in [0.717, 1.165) is 22.9 Å². The Kier molecular flexibility index (Phi) is 8.23. The van der Waals surface area contributed by atoms with Crippen LogP contribution in [0.25, 0.3) is 0 Å². The van der Waals surface area contributed by atoms with Gasteiger partial charge in [-0.2, -0.15) is 26.3 Å². The molecule has 11 heteroatoms. The summed E-state index contributed by atoms with van der Waals surface area (Å²) in [5, 5.41) is 10.4. The number of hydrogen-bond acceptors (Lipinski definition) is 4. The molecule has 2 rings (SSSR count). The number of halogens is 7. The zero-order chi connectivity index (χ0) is 21.7. The van der Waals surface area contributed by atoms with Crippen LogP contribution >= 0.6 is 22.6 Å². The van der Waals surface area contributed by atoms with Crippen LogP contribution in [0, 0.1) is 0 Å². The van der Waals surface area contributed by atoms with Crippen molar-refractivity contribution in [1.29, 1.82) is 0 Å². The van der Waals surface area contributed by atoms with Crippen LogP contribution in [-0.4, -0.2) is 26.1 Å². The van der Waals surface area contributed by atoms with Crippen molar-refractivity contribution in [3.05, 3.63) is 59.2 Å². The van der Waals surface area contributed by atoms with E-state index in [-0.39, 0.29) is 24.2 Å². The number of aromatic nitrogens is 2. The highest BCUT2D eigenvalue weighted by molar-refractivity contribution is 14.1. The number of hydrogen-bond donors (Lipinski definition) is 1. The van der Waals surface area contributed by atoms with Gasteiger partial charge in [-0.15, -0.1) is 0 Å². The molecule has 160 valence electrons. The van der Waals surface area contributed by atoms with E-state index in [4.69, 9.17) is 4.74 Å². The van der Waals surface area contributed by atoms with E-state index in [1.54, 1.807) is 0 Å². The first-order chi connectivity index (χ1) is 13.5. The lowest BCUT2D eigenvalue weighted by atomic mass is 9.98. The molecule has 0 spiro atoms. The summed E-state index contributed by atoms with van der Waals surface area (Å²) in [5.41, 5.74) is -2.21. The normalized spacial score (nSPS) is 14.6. The van der Waals surface area contributed by atoms with E-state index in [9.17, 15) is 31.4 Å². The molecule has 2 unspecified atom stereocenters. The maximum Gasteiger partial charge on any atom is 0.433 e. The van der Waals surface area contributed by atoms with E-state index in [1.807, 2.05) is 0 Å². The Morgan fingerprint density at radius 1 is 0.931 bits per heavy atom. The fourth-order valence-electron chi connectivity index (χ4n) is 2.53. The van der Waals surface area contributed by atoms with Gasteiger partial charge >= 0.3 is 12.4 Å². The van der Waals surface area contributed by atoms with E-state index in [1.165, 1.54) is 12.1 Å². The maximum atomic E-state index is 13.0. The topological polar surface area (TPSA) is 55.2 Å². The Bertz CT molecular complexity index is 800. The molecule has 0 amide bonds. The fourth-order valence-corrected chi connectivity index (χ4v) is 2.84. The third-order valence-corrected chi connectivity index (χ3v) is 4.70. The molecule has 2 aromatic rings. The van der Waals surface area contributed by atoms with Gasteiger partial charge in [0.15, 0.2) is 0 Å². The molecule has 0 aliphatic rings. The lowest BCUT2D eigenvalue weighted by Crippen LogP contribution is -2.15. The van der Waals surface area contributed by atoms with Crippen LogP contribution in [0.1, 0.15) is 47.6 Å². The smallest absolute Gasteiger partial charge is 0.388 e. The summed E-state index contributed by atoms with van der Waals surface area (Å²) in [5.74, 6) is 0. The molecule has 0 aliphatic carbocycles. The van der Waals surface area contributed by atoms with Gasteiger partial charge in [-0.05, 0) is 41.8 Å². The summed E-state index contributed by atoms with van der Waals surface area (Å²) in [6.07, 6.45) is -9.41. The second kappa shape index (κ2) is 10.0. The van der Waals surface area contributed by atoms with Crippen LogP contribution < -0.4 is 0 Å². The van der Waals surface area contributed by atoms with Crippen molar-refractivity contribution < 1.29 is 36.2 Å². The molecule has 2 heterocycles. The number of ether oxygens (including phenoxy) is 1. The third-order valence-electron chi connectivity index (χ3n) is 3.94. The van der Waals surface area contributed by atoms with Gasteiger partial charge < -0.3 is 9.84 Å². The maximum absolute atomic E-state index is 13.0. The summed E-state index contributed by atoms with van der Waals surface area (Å²) in [6.45, 7) is 0.216. The lowest BCUT2D eigenvalue weighted by molar-refractivity contribution is -0.142. The number of nitrogens with zero attached hydrogens (tertiary/aromatic N) is 2. The second-order valence-corrected chi connectivity index (χ2v) is 7.18. The molecule has 2 atom stereocenters. The fraction of sp³-hybridized carbons (Fsp3) is 0.444. The van der Waals surface area contributed by atoms with Crippen LogP contribution in [0.3, 0.4) is 0 Å². The lowest BCUT2D eigenvalue weighted by Gasteiger charge is -2.22. The Morgan fingerprint density at radius 3 is 1.97 bits per heavy atom. The molecule has 0 aliphatic heterocycles. The van der Waals surface area contributed by atoms with Gasteiger partial charge in [0.2, 0.25) is 0 Å². The molecule has 0 saturated carbocycles. The molecule has 29 heavy (non-hydrogen) atoms. The van der Waals surface area contributed by atoms with E-state index in [2.05, 4.69) is 32.6 Å². The molecule has 2 aromatic heterocycles. The van der Waals surface area contributed by atoms with E-state index < -0.39 is 35.9 Å². The Morgan fingerprint density at radius 2 is 1.45 bits per heavy atom. The Hall–Kier alpha value is -1.47. The van der Waals surface area contributed by atoms with Gasteiger partial charge in [0.1, 0.15) is 11.4 Å². The van der Waals surface area contributed by atoms with Crippen molar-refractivity contribution >= 4 is 22.6 Å². The monoisotopic (exact) mass is 534 g/mol. The SMILES string of the molecule is OC(CC(OCCCI)c1ccnc(C(F)(F)F)c1)c1ccnc(C(F)(F)F)c1. The Labute approximate surface area is 176 Å². The quantitative estimate of drug-likeness (QED) is 0.210. The minimum atomic E-state index is -4.68. The van der Waals surface area contributed by atoms with Crippen LogP contribution in [-0.2, 0) is 17.1 Å². The molecule has 4 nitrogen and oxygen atoms in total. The summed E-state index contributed by atoms with van der Waals surface area (Å²) in [4.78, 5) is 6.52. The second-order valence-electron chi connectivity index (χ2n) is 6.10. The molecule has 1 N–H and O–H groups in total. The third kappa shape index (κ3) is 7.07. The zero-order valence-electron chi connectivity index (χ0n) is 14.8. The molecular formula is C18H17F6IN2O2. The number of rotatable bonds is 8. The van der Waals surface area contributed by atoms with Gasteiger partial charge in [-0.25, -0.2) is 0 Å². The summed E-state index contributed by atoms with van der Waals surface area (Å²) in [6, 6.07) is 4.06. The zero-order valence-corrected chi connectivity index (χ0v) is 17.0. The predicted octanol–water partition coefficient (Wildman–Crippen LogP) is 5.52. The highest BCUT2D eigenvalue weighted by atomic mass is 127. The van der Waals surface area contributed by atoms with Crippen molar-refractivity contribution in [2.45, 2.75) is 37.4 Å². The number of pyridine rings is 2. The molecule has 0 bridgehead atoms. The highest BCUT2D eigenvalue weighted by Gasteiger charge is 2.34. The van der Waals surface area contributed by atoms with Crippen LogP contribution in [0.2, 0.25) is 0 Å². The van der Waals surface area contributed by atoms with Crippen molar-refractivity contribution in [3.8, 4) is 0 Å². The van der Waals surface area contributed by atoms with Gasteiger partial charge in [-0.1, -0.05) is 22.6 Å². The predicted molar refractivity (Wildman–Crippen MR) is 100 cm³/mol. The van der Waals surface area contributed by atoms with Gasteiger partial charge in [0.25, 0.3) is 0 Å². The summed E-state index contributed by atoms with van der Waals surface area (Å²) in [7, 11) is 0. The first-order valence-electron chi connectivity index (χ1n) is 8.44. The largest absolute Gasteiger partial charge is 0.433 e. The van der Waals surface area contributed by atoms with E-state index in [0.29, 0.717) is 12.5 Å². The average Bonchev–Trinajstić information content (AvgIpc) is 2.66. The van der Waals surface area contributed by atoms with Gasteiger partial charge in [0.05, 0.1) is 12.2 Å². The molecule has 0 aromatic carbocycles. The van der Waals surface area contributed by atoms with Crippen molar-refractivity contribution in [3.63, 3.8) is 0 Å². The first-order valence-corrected chi connectivity index (χ1v) is 9.97. The minimum absolute atomic E-state index is 0.0556. The minimum Gasteiger partial charge on any atom is -0.388 e. The number of aliphatic hydroxyl groups is 1. The highest BCUT2D eigenvalue weighted by Crippen LogP contribution is 2.35. The van der Waals surface area contributed by atoms with Crippen LogP contribution in [0.5, 0.6) is 0 Å². The van der Waals surface area contributed by atoms with Crippen molar-refractivity contribution in [1.82, 2.24) is 9.97 Å². The molecular weight excluding hydrogens is 517 g/mol. The molecule has 0 fully saturated rings. The summed E-state index contributed by atoms with van der Waals surface area (Å²) < 4.78 is 83.8. The van der Waals surface area contributed by atoms with Crippen LogP contribution in [0.15, 0.2) is 36.7 Å². The van der Waals surface area contributed by atoms with Crippen LogP contribution in [0.4, 0.5) is 26.3 Å². The summed E-state index contributed by atoms with van der Waals surface area (Å²) >= 11 is 2.11. The van der Waals surface area contributed by atoms with Crippen molar-refractivity contribution in [2.75, 3.05) is 11.0 Å². The molecule has 0 radical (unpaired) electrons. The first kappa shape index (κ1) is 23.8. The number of aliphatic hydroxyl groups excluding tert-OH is 1. The van der Waals surface area contributed by atoms with Gasteiger partial charge in [0, 0.05) is 29.8 Å². The van der Waals surface area contributed by atoms with E-state index >= 15 is 0 Å². The van der Waals surface area contributed by atoms with Gasteiger partial charge in [-0.3, -0.25) is 9.97 Å². The molecule has 0 saturated heterocycles. The Balaban J connectivity index is 2.27.